The summed E-state index contributed by atoms with van der Waals surface area (Å²) in [7, 11) is 6.95. The molecule has 1 aromatic carbocycles. The molecular formula is C34H36ClN5O5S3. The number of nitrogens with zero attached hydrogens (tertiary/aromatic N) is 4. The number of hydrogen-bond donors (Lipinski definition) is 1. The van der Waals surface area contributed by atoms with Crippen LogP contribution in [0.3, 0.4) is 0 Å². The molecule has 0 radical (unpaired) electrons. The Hall–Kier alpha value is -2.75. The molecule has 8 rings (SSSR count). The number of fused-ring (bicyclic) bond motifs is 7. The summed E-state index contributed by atoms with van der Waals surface area (Å²) in [6, 6.07) is 6.07. The summed E-state index contributed by atoms with van der Waals surface area (Å²) in [5.74, 6) is 0.818. The van der Waals surface area contributed by atoms with Gasteiger partial charge in [0, 0.05) is 68.0 Å². The van der Waals surface area contributed by atoms with E-state index in [1.807, 2.05) is 18.2 Å². The fraction of sp³-hybridized carbons (Fsp3) is 0.441. The summed E-state index contributed by atoms with van der Waals surface area (Å²) < 4.78 is 22.3. The molecule has 1 N–H and O–H groups in total. The maximum Gasteiger partial charge on any atom is 0.198 e. The number of ether oxygens (including phenoxy) is 4. The van der Waals surface area contributed by atoms with Crippen LogP contribution in [0.25, 0.3) is 20.4 Å². The molecule has 14 heteroatoms. The summed E-state index contributed by atoms with van der Waals surface area (Å²) in [5, 5.41) is 6.33. The number of halogens is 1. The highest BCUT2D eigenvalue weighted by atomic mass is 35.5. The predicted octanol–water partition coefficient (Wildman–Crippen LogP) is 7.00. The maximum absolute atomic E-state index is 11.7. The lowest BCUT2D eigenvalue weighted by Gasteiger charge is -2.35. The Morgan fingerprint density at radius 2 is 1.44 bits per heavy atom. The van der Waals surface area contributed by atoms with E-state index >= 15 is 0 Å². The van der Waals surface area contributed by atoms with E-state index in [0.29, 0.717) is 24.8 Å². The number of thiophene rings is 2. The number of thioether (sulfide) groups is 1. The first-order valence-electron chi connectivity index (χ1n) is 15.6. The van der Waals surface area contributed by atoms with E-state index in [4.69, 9.17) is 30.5 Å². The van der Waals surface area contributed by atoms with Crippen LogP contribution in [0.1, 0.15) is 39.3 Å². The molecule has 2 atom stereocenters. The van der Waals surface area contributed by atoms with Crippen molar-refractivity contribution in [1.29, 1.82) is 0 Å². The number of anilines is 2. The van der Waals surface area contributed by atoms with Crippen molar-refractivity contribution in [3.8, 4) is 0 Å². The van der Waals surface area contributed by atoms with Crippen molar-refractivity contribution < 1.29 is 23.7 Å². The Balaban J connectivity index is 0.000000166. The molecule has 0 spiro atoms. The first kappa shape index (κ1) is 33.7. The van der Waals surface area contributed by atoms with Crippen LogP contribution in [0.2, 0.25) is 5.15 Å². The van der Waals surface area contributed by atoms with Gasteiger partial charge in [-0.05, 0) is 54.5 Å². The Morgan fingerprint density at radius 3 is 2.06 bits per heavy atom. The summed E-state index contributed by atoms with van der Waals surface area (Å²) in [6.07, 6.45) is 8.99. The van der Waals surface area contributed by atoms with Gasteiger partial charge in [0.05, 0.1) is 35.2 Å². The van der Waals surface area contributed by atoms with Gasteiger partial charge in [0.1, 0.15) is 33.3 Å². The second-order valence-electron chi connectivity index (χ2n) is 12.3. The number of rotatable bonds is 8. The standard InChI is InChI=1S/C21H21N3O3S2.C13H15ClN2O2S/c1-26-10-21(27-2)6-5-14-16(9-21)29-20-18(14)19(22-11-23-20)24-13-4-3-12-7-17(25)28-15(12)8-13;1-17-6-13(18-2)4-3-8-9(5-13)19-12-10(8)11(14)15-7-16-12/h3-4,8,11H,5-7,9-10H2,1-2H3,(H,22,23,24);7H,3-6H2,1-2H3. The minimum absolute atomic E-state index is 0.200. The summed E-state index contributed by atoms with van der Waals surface area (Å²) >= 11 is 10.9. The number of hydrogen-bond acceptors (Lipinski definition) is 13. The molecule has 2 aliphatic carbocycles. The zero-order chi connectivity index (χ0) is 33.5. The fourth-order valence-corrected chi connectivity index (χ4v) is 10.8. The molecule has 0 amide bonds. The molecule has 2 unspecified atom stereocenters. The van der Waals surface area contributed by atoms with Crippen LogP contribution in [0.5, 0.6) is 0 Å². The molecule has 0 fully saturated rings. The Kier molecular flexibility index (Phi) is 9.75. The van der Waals surface area contributed by atoms with Crippen LogP contribution < -0.4 is 5.32 Å². The Morgan fingerprint density at radius 1 is 0.833 bits per heavy atom. The van der Waals surface area contributed by atoms with Gasteiger partial charge in [0.25, 0.3) is 0 Å². The van der Waals surface area contributed by atoms with Gasteiger partial charge >= 0.3 is 0 Å². The number of carbonyl (C=O) groups is 1. The monoisotopic (exact) mass is 725 g/mol. The fourth-order valence-electron chi connectivity index (χ4n) is 6.97. The smallest absolute Gasteiger partial charge is 0.198 e. The minimum Gasteiger partial charge on any atom is -0.382 e. The molecule has 10 nitrogen and oxygen atoms in total. The number of aromatic nitrogens is 4. The van der Waals surface area contributed by atoms with E-state index in [2.05, 4.69) is 25.3 Å². The van der Waals surface area contributed by atoms with E-state index in [-0.39, 0.29) is 16.3 Å². The first-order valence-corrected chi connectivity index (χ1v) is 18.5. The van der Waals surface area contributed by atoms with Gasteiger partial charge in [-0.15, -0.1) is 22.7 Å². The van der Waals surface area contributed by atoms with E-state index in [9.17, 15) is 4.79 Å². The molecule has 48 heavy (non-hydrogen) atoms. The highest BCUT2D eigenvalue weighted by Crippen LogP contribution is 2.44. The molecule has 252 valence electrons. The summed E-state index contributed by atoms with van der Waals surface area (Å²) in [6.45, 7) is 1.19. The first-order chi connectivity index (χ1) is 23.3. The van der Waals surface area contributed by atoms with Crippen LogP contribution in [-0.2, 0) is 55.8 Å². The molecule has 0 saturated carbocycles. The highest BCUT2D eigenvalue weighted by molar-refractivity contribution is 8.14. The molecule has 1 aliphatic heterocycles. The third-order valence-electron chi connectivity index (χ3n) is 9.49. The van der Waals surface area contributed by atoms with Crippen LogP contribution in [0.15, 0.2) is 35.7 Å². The van der Waals surface area contributed by atoms with Crippen LogP contribution in [-0.4, -0.2) is 77.9 Å². The van der Waals surface area contributed by atoms with Gasteiger partial charge < -0.3 is 24.3 Å². The predicted molar refractivity (Wildman–Crippen MR) is 191 cm³/mol. The lowest BCUT2D eigenvalue weighted by atomic mass is 9.84. The highest BCUT2D eigenvalue weighted by Gasteiger charge is 2.38. The molecule has 0 bridgehead atoms. The number of aryl methyl sites for hydroxylation is 2. The normalized spacial score (nSPS) is 21.5. The quantitative estimate of drug-likeness (QED) is 0.167. The zero-order valence-electron chi connectivity index (χ0n) is 27.2. The van der Waals surface area contributed by atoms with Crippen LogP contribution >= 0.6 is 46.0 Å². The third-order valence-corrected chi connectivity index (χ3v) is 13.0. The Labute approximate surface area is 295 Å². The van der Waals surface area contributed by atoms with E-state index in [1.54, 1.807) is 57.4 Å². The van der Waals surface area contributed by atoms with Crippen molar-refractivity contribution in [3.63, 3.8) is 0 Å². The van der Waals surface area contributed by atoms with Gasteiger partial charge in [-0.1, -0.05) is 29.4 Å². The van der Waals surface area contributed by atoms with E-state index < -0.39 is 0 Å². The molecular weight excluding hydrogens is 690 g/mol. The summed E-state index contributed by atoms with van der Waals surface area (Å²) in [4.78, 5) is 34.7. The lowest BCUT2D eigenvalue weighted by Crippen LogP contribution is -2.41. The molecule has 5 heterocycles. The molecule has 3 aliphatic rings. The largest absolute Gasteiger partial charge is 0.382 e. The molecule has 4 aromatic heterocycles. The minimum atomic E-state index is -0.270. The van der Waals surface area contributed by atoms with Gasteiger partial charge in [-0.25, -0.2) is 19.9 Å². The van der Waals surface area contributed by atoms with Crippen molar-refractivity contribution in [2.45, 2.75) is 61.0 Å². The van der Waals surface area contributed by atoms with Gasteiger partial charge in [0.2, 0.25) is 0 Å². The molecule has 0 saturated heterocycles. The SMILES string of the molecule is COCC1(OC)CCc2c(sc3ncnc(Cl)c23)C1.COCC1(OC)CCc2c(sc3ncnc(Nc4ccc5c(c4)SC(=O)C5)c23)C1. The van der Waals surface area contributed by atoms with Crippen LogP contribution in [0, 0.1) is 0 Å². The topological polar surface area (TPSA) is 118 Å². The van der Waals surface area contributed by atoms with Gasteiger partial charge in [0.15, 0.2) is 5.12 Å². The van der Waals surface area contributed by atoms with Gasteiger partial charge in [-0.2, -0.15) is 0 Å². The maximum atomic E-state index is 11.7. The van der Waals surface area contributed by atoms with Gasteiger partial charge in [-0.3, -0.25) is 4.79 Å². The Bertz CT molecular complexity index is 2000. The zero-order valence-corrected chi connectivity index (χ0v) is 30.4. The second kappa shape index (κ2) is 13.9. The van der Waals surface area contributed by atoms with Crippen molar-refractivity contribution in [2.24, 2.45) is 0 Å². The van der Waals surface area contributed by atoms with Crippen molar-refractivity contribution in [1.82, 2.24) is 19.9 Å². The van der Waals surface area contributed by atoms with Crippen molar-refractivity contribution >= 4 is 83.1 Å². The number of carbonyl (C=O) groups excluding carboxylic acids is 1. The van der Waals surface area contributed by atoms with E-state index in [0.717, 1.165) is 80.9 Å². The average Bonchev–Trinajstić information content (AvgIpc) is 3.77. The number of nitrogens with one attached hydrogen (secondary N) is 1. The van der Waals surface area contributed by atoms with Crippen molar-refractivity contribution in [2.75, 3.05) is 47.0 Å². The van der Waals surface area contributed by atoms with E-state index in [1.165, 1.54) is 39.0 Å². The number of benzene rings is 1. The second-order valence-corrected chi connectivity index (χ2v) is 16.0. The lowest BCUT2D eigenvalue weighted by molar-refractivity contribution is -0.110. The summed E-state index contributed by atoms with van der Waals surface area (Å²) in [5.41, 5.74) is 4.14. The number of methoxy groups -OCH3 is 4. The molecule has 5 aromatic rings. The average molecular weight is 726 g/mol. The van der Waals surface area contributed by atoms with Crippen LogP contribution in [0.4, 0.5) is 11.5 Å². The third kappa shape index (κ3) is 6.35. The van der Waals surface area contributed by atoms with Crippen molar-refractivity contribution in [3.05, 3.63) is 62.5 Å².